The molecule has 2 aliphatic heterocycles. The van der Waals surface area contributed by atoms with Crippen molar-refractivity contribution in [3.63, 3.8) is 0 Å². The molecule has 0 amide bonds. The predicted molar refractivity (Wildman–Crippen MR) is 129 cm³/mol. The van der Waals surface area contributed by atoms with Gasteiger partial charge in [-0.25, -0.2) is 4.79 Å². The topological polar surface area (TPSA) is 68.2 Å². The quantitative estimate of drug-likeness (QED) is 0.476. The monoisotopic (exact) mass is 523 g/mol. The van der Waals surface area contributed by atoms with E-state index in [4.69, 9.17) is 30.9 Å². The van der Waals surface area contributed by atoms with Gasteiger partial charge in [-0.15, -0.1) is 0 Å². The molecule has 0 unspecified atom stereocenters. The van der Waals surface area contributed by atoms with Crippen molar-refractivity contribution in [2.24, 2.45) is 0 Å². The number of aliphatic carboxylic acids is 1. The molecule has 2 aliphatic rings. The van der Waals surface area contributed by atoms with E-state index in [2.05, 4.69) is 11.0 Å². The molecule has 0 saturated heterocycles. The summed E-state index contributed by atoms with van der Waals surface area (Å²) in [5.41, 5.74) is 3.15. The number of rotatable bonds is 8. The van der Waals surface area contributed by atoms with E-state index >= 15 is 0 Å². The Morgan fingerprint density at radius 3 is 2.72 bits per heavy atom. The van der Waals surface area contributed by atoms with Gasteiger partial charge in [0.25, 0.3) is 0 Å². The lowest BCUT2D eigenvalue weighted by Crippen LogP contribution is -2.33. The van der Waals surface area contributed by atoms with Crippen LogP contribution in [0, 0.1) is 0 Å². The normalized spacial score (nSPS) is 16.8. The summed E-state index contributed by atoms with van der Waals surface area (Å²) in [5.74, 6) is 0.366. The van der Waals surface area contributed by atoms with Gasteiger partial charge in [-0.3, -0.25) is 4.90 Å². The minimum Gasteiger partial charge on any atom is -0.489 e. The zero-order valence-corrected chi connectivity index (χ0v) is 20.2. The van der Waals surface area contributed by atoms with E-state index in [0.717, 1.165) is 18.1 Å². The highest BCUT2D eigenvalue weighted by atomic mass is 35.5. The van der Waals surface area contributed by atoms with Crippen molar-refractivity contribution < 1.29 is 37.3 Å². The number of hydrogen-bond donors (Lipinski definition) is 1. The Hall–Kier alpha value is -3.17. The first-order valence-electron chi connectivity index (χ1n) is 11.3. The van der Waals surface area contributed by atoms with E-state index in [1.165, 1.54) is 12.1 Å². The maximum absolute atomic E-state index is 12.7. The Kier molecular flexibility index (Phi) is 7.80. The molecule has 0 bridgehead atoms. The number of benzene rings is 2. The molecule has 1 N–H and O–H groups in total. The number of nitrogens with zero attached hydrogens (tertiary/aromatic N) is 1. The maximum atomic E-state index is 12.7. The Labute approximate surface area is 211 Å². The zero-order chi connectivity index (χ0) is 25.9. The van der Waals surface area contributed by atoms with Crippen LogP contribution < -0.4 is 14.2 Å². The Morgan fingerprint density at radius 2 is 2.06 bits per heavy atom. The van der Waals surface area contributed by atoms with Crippen LogP contribution in [0.1, 0.15) is 24.5 Å². The molecule has 0 aromatic heterocycles. The van der Waals surface area contributed by atoms with Crippen LogP contribution in [0.4, 0.5) is 13.2 Å². The van der Waals surface area contributed by atoms with Gasteiger partial charge in [0.15, 0.2) is 6.10 Å². The van der Waals surface area contributed by atoms with Gasteiger partial charge in [0.05, 0.1) is 5.02 Å². The van der Waals surface area contributed by atoms with Crippen LogP contribution in [-0.2, 0) is 11.4 Å². The third-order valence-electron chi connectivity index (χ3n) is 5.92. The van der Waals surface area contributed by atoms with Gasteiger partial charge in [0, 0.05) is 36.8 Å². The largest absolute Gasteiger partial charge is 0.489 e. The van der Waals surface area contributed by atoms with Gasteiger partial charge in [-0.1, -0.05) is 23.7 Å². The molecule has 1 atom stereocenters. The van der Waals surface area contributed by atoms with Crippen molar-refractivity contribution >= 4 is 23.6 Å². The molecule has 0 radical (unpaired) electrons. The molecular formula is C26H25ClF3NO5. The van der Waals surface area contributed by atoms with Crippen molar-refractivity contribution in [1.82, 2.24) is 4.90 Å². The molecular weight excluding hydrogens is 499 g/mol. The summed E-state index contributed by atoms with van der Waals surface area (Å²) in [6.45, 7) is 3.49. The van der Waals surface area contributed by atoms with E-state index in [1.807, 2.05) is 12.1 Å². The molecule has 10 heteroatoms. The molecule has 4 rings (SSSR count). The van der Waals surface area contributed by atoms with Gasteiger partial charge in [0.2, 0.25) is 0 Å². The van der Waals surface area contributed by atoms with E-state index in [9.17, 15) is 18.0 Å². The Balaban J connectivity index is 1.33. The molecule has 36 heavy (non-hydrogen) atoms. The lowest BCUT2D eigenvalue weighted by atomic mass is 10.0. The molecule has 0 aliphatic carbocycles. The smallest absolute Gasteiger partial charge is 0.425 e. The second kappa shape index (κ2) is 10.8. The van der Waals surface area contributed by atoms with Crippen molar-refractivity contribution in [3.05, 3.63) is 69.8 Å². The highest BCUT2D eigenvalue weighted by Gasteiger charge is 2.38. The summed E-state index contributed by atoms with van der Waals surface area (Å²) < 4.78 is 54.8. The third kappa shape index (κ3) is 6.53. The summed E-state index contributed by atoms with van der Waals surface area (Å²) in [4.78, 5) is 13.2. The van der Waals surface area contributed by atoms with Crippen LogP contribution in [0.25, 0.3) is 6.08 Å². The van der Waals surface area contributed by atoms with Crippen LogP contribution in [-0.4, -0.2) is 54.5 Å². The summed E-state index contributed by atoms with van der Waals surface area (Å²) >= 11 is 6.10. The molecule has 0 spiro atoms. The number of alkyl halides is 3. The predicted octanol–water partition coefficient (Wildman–Crippen LogP) is 5.74. The second-order valence-electron chi connectivity index (χ2n) is 8.67. The number of hydrogen-bond acceptors (Lipinski definition) is 5. The lowest BCUT2D eigenvalue weighted by Gasteiger charge is -2.27. The van der Waals surface area contributed by atoms with Crippen molar-refractivity contribution in [2.45, 2.75) is 32.2 Å². The Bertz CT molecular complexity index is 1190. The molecule has 2 aromatic rings. The number of carboxylic acids is 1. The third-order valence-corrected chi connectivity index (χ3v) is 6.21. The van der Waals surface area contributed by atoms with E-state index in [0.29, 0.717) is 55.3 Å². The van der Waals surface area contributed by atoms with Crippen molar-refractivity contribution in [3.8, 4) is 17.2 Å². The number of carboxylic acid groups (broad SMARTS) is 1. The number of carbonyl (C=O) groups is 1. The fourth-order valence-corrected chi connectivity index (χ4v) is 4.11. The average molecular weight is 524 g/mol. The van der Waals surface area contributed by atoms with Gasteiger partial charge in [0.1, 0.15) is 30.5 Å². The fourth-order valence-electron chi connectivity index (χ4n) is 3.86. The van der Waals surface area contributed by atoms with Gasteiger partial charge >= 0.3 is 12.1 Å². The first-order valence-corrected chi connectivity index (χ1v) is 11.7. The van der Waals surface area contributed by atoms with Gasteiger partial charge < -0.3 is 19.3 Å². The van der Waals surface area contributed by atoms with Crippen LogP contribution in [0.2, 0.25) is 5.02 Å². The first-order chi connectivity index (χ1) is 17.1. The summed E-state index contributed by atoms with van der Waals surface area (Å²) in [7, 11) is 0. The standard InChI is InChI=1S/C26H25ClF3NO5/c1-16(26(28,29)30)36-23-5-2-17(11-22(23)27)14-34-21-4-3-20-10-18(15-35-24(20)12-21)13-31-8-6-19(7-9-31)25(32)33/h2-6,10-12,16H,7-9,13-15H2,1H3,(H,32,33)/t16-/m0/s1. The Morgan fingerprint density at radius 1 is 1.25 bits per heavy atom. The van der Waals surface area contributed by atoms with E-state index in [1.54, 1.807) is 18.2 Å². The van der Waals surface area contributed by atoms with Gasteiger partial charge in [-0.05, 0) is 54.8 Å². The first kappa shape index (κ1) is 25.9. The average Bonchev–Trinajstić information content (AvgIpc) is 2.84. The maximum Gasteiger partial charge on any atom is 0.425 e. The minimum absolute atomic E-state index is 0.0436. The van der Waals surface area contributed by atoms with Crippen LogP contribution in [0.3, 0.4) is 0 Å². The molecule has 2 aromatic carbocycles. The number of fused-ring (bicyclic) bond motifs is 1. The van der Waals surface area contributed by atoms with Crippen molar-refractivity contribution in [1.29, 1.82) is 0 Å². The highest BCUT2D eigenvalue weighted by molar-refractivity contribution is 6.32. The number of ether oxygens (including phenoxy) is 3. The molecule has 6 nitrogen and oxygen atoms in total. The minimum atomic E-state index is -4.48. The van der Waals surface area contributed by atoms with E-state index < -0.39 is 18.2 Å². The lowest BCUT2D eigenvalue weighted by molar-refractivity contribution is -0.189. The molecule has 0 fully saturated rings. The molecule has 2 heterocycles. The number of halogens is 4. The van der Waals surface area contributed by atoms with Gasteiger partial charge in [-0.2, -0.15) is 13.2 Å². The summed E-state index contributed by atoms with van der Waals surface area (Å²) in [6.07, 6.45) is -2.10. The molecule has 0 saturated carbocycles. The van der Waals surface area contributed by atoms with E-state index in [-0.39, 0.29) is 17.4 Å². The van der Waals surface area contributed by atoms with Crippen molar-refractivity contribution in [2.75, 3.05) is 26.2 Å². The fraction of sp³-hybridized carbons (Fsp3) is 0.346. The SMILES string of the molecule is C[C@H](Oc1ccc(COc2ccc3c(c2)OCC(CN2CC=C(C(=O)O)CC2)=C3)cc1Cl)C(F)(F)F. The van der Waals surface area contributed by atoms with Crippen LogP contribution in [0.5, 0.6) is 17.2 Å². The second-order valence-corrected chi connectivity index (χ2v) is 9.07. The zero-order valence-electron chi connectivity index (χ0n) is 19.5. The summed E-state index contributed by atoms with van der Waals surface area (Å²) in [5, 5.41) is 9.15. The molecule has 192 valence electrons. The van der Waals surface area contributed by atoms with Crippen LogP contribution >= 0.6 is 11.6 Å². The summed E-state index contributed by atoms with van der Waals surface area (Å²) in [6, 6.07) is 10.0. The highest BCUT2D eigenvalue weighted by Crippen LogP contribution is 2.33. The van der Waals surface area contributed by atoms with Crippen LogP contribution in [0.15, 0.2) is 53.6 Å².